The van der Waals surface area contributed by atoms with Gasteiger partial charge in [-0.25, -0.2) is 19.2 Å². The van der Waals surface area contributed by atoms with Gasteiger partial charge in [-0.3, -0.25) is 0 Å². The van der Waals surface area contributed by atoms with Crippen molar-refractivity contribution in [1.82, 2.24) is 24.8 Å². The summed E-state index contributed by atoms with van der Waals surface area (Å²) in [6.45, 7) is 7.18. The Bertz CT molecular complexity index is 928. The van der Waals surface area contributed by atoms with E-state index in [1.54, 1.807) is 18.0 Å². The van der Waals surface area contributed by atoms with Gasteiger partial charge in [-0.1, -0.05) is 0 Å². The minimum Gasteiger partial charge on any atom is -0.450 e. The van der Waals surface area contributed by atoms with E-state index in [4.69, 9.17) is 4.74 Å². The molecule has 0 aliphatic carbocycles. The lowest BCUT2D eigenvalue weighted by Gasteiger charge is -2.33. The lowest BCUT2D eigenvalue weighted by atomic mass is 10.1. The van der Waals surface area contributed by atoms with Gasteiger partial charge in [0.25, 0.3) is 0 Å². The van der Waals surface area contributed by atoms with E-state index in [0.29, 0.717) is 32.5 Å². The highest BCUT2D eigenvalue weighted by Crippen LogP contribution is 2.22. The number of piperidine rings is 1. The number of hydrogen-bond donors (Lipinski definition) is 2. The maximum absolute atomic E-state index is 14.3. The second-order valence-electron chi connectivity index (χ2n) is 8.32. The molecular formula is C22H31FN8O2. The Morgan fingerprint density at radius 3 is 2.55 bits per heavy atom. The first-order valence-electron chi connectivity index (χ1n) is 11.4. The molecule has 0 aromatic carbocycles. The zero-order valence-corrected chi connectivity index (χ0v) is 19.1. The first-order chi connectivity index (χ1) is 16.0. The summed E-state index contributed by atoms with van der Waals surface area (Å²) in [5, 5.41) is 6.25. The number of amides is 1. The normalized spacial score (nSPS) is 17.7. The van der Waals surface area contributed by atoms with Crippen molar-refractivity contribution in [2.75, 3.05) is 68.5 Å². The fourth-order valence-corrected chi connectivity index (χ4v) is 3.95. The number of carbonyl (C=O) groups excluding carboxylic acids is 1. The molecule has 178 valence electrons. The Balaban J connectivity index is 1.33. The number of hydrogen-bond acceptors (Lipinski definition) is 9. The Morgan fingerprint density at radius 1 is 1.12 bits per heavy atom. The Labute approximate surface area is 193 Å². The van der Waals surface area contributed by atoms with Crippen molar-refractivity contribution in [3.05, 3.63) is 30.3 Å². The van der Waals surface area contributed by atoms with E-state index >= 15 is 0 Å². The highest BCUT2D eigenvalue weighted by Gasteiger charge is 2.24. The van der Waals surface area contributed by atoms with Crippen LogP contribution in [0.2, 0.25) is 0 Å². The molecule has 2 N–H and O–H groups in total. The first kappa shape index (κ1) is 23.0. The van der Waals surface area contributed by atoms with Crippen molar-refractivity contribution >= 4 is 29.4 Å². The number of likely N-dealkylation sites (tertiary alicyclic amines) is 1. The average molecular weight is 459 g/mol. The number of nitrogens with zero attached hydrogens (tertiary/aromatic N) is 6. The van der Waals surface area contributed by atoms with Gasteiger partial charge in [0.05, 0.1) is 24.7 Å². The van der Waals surface area contributed by atoms with Gasteiger partial charge < -0.3 is 30.1 Å². The molecule has 10 nitrogen and oxygen atoms in total. The summed E-state index contributed by atoms with van der Waals surface area (Å²) in [5.74, 6) is 0.850. The molecule has 11 heteroatoms. The van der Waals surface area contributed by atoms with Crippen LogP contribution in [0.4, 0.5) is 32.5 Å². The molecule has 4 heterocycles. The number of halogens is 1. The number of rotatable bonds is 6. The Kier molecular flexibility index (Phi) is 7.38. The van der Waals surface area contributed by atoms with Gasteiger partial charge in [0.1, 0.15) is 5.82 Å². The van der Waals surface area contributed by atoms with Crippen LogP contribution in [0.15, 0.2) is 24.5 Å². The smallest absolute Gasteiger partial charge is 0.409 e. The maximum atomic E-state index is 14.3. The predicted octanol–water partition coefficient (Wildman–Crippen LogP) is 2.54. The summed E-state index contributed by atoms with van der Waals surface area (Å²) in [6.07, 6.45) is 3.95. The molecule has 2 aromatic rings. The van der Waals surface area contributed by atoms with Crippen LogP contribution in [0.1, 0.15) is 19.8 Å². The van der Waals surface area contributed by atoms with Crippen molar-refractivity contribution in [2.45, 2.75) is 25.8 Å². The van der Waals surface area contributed by atoms with Gasteiger partial charge in [0.15, 0.2) is 11.6 Å². The van der Waals surface area contributed by atoms with Crippen molar-refractivity contribution in [3.63, 3.8) is 0 Å². The molecule has 0 atom stereocenters. The van der Waals surface area contributed by atoms with Crippen molar-refractivity contribution in [2.24, 2.45) is 0 Å². The SMILES string of the molecule is CCOC(=O)N1CCC(Nc2nc(Nc3ccc(N4CCN(C)CC4)nc3)ncc2F)CC1. The van der Waals surface area contributed by atoms with E-state index in [1.807, 2.05) is 12.1 Å². The van der Waals surface area contributed by atoms with Gasteiger partial charge in [-0.2, -0.15) is 4.98 Å². The van der Waals surface area contributed by atoms with Crippen LogP contribution in [0.3, 0.4) is 0 Å². The van der Waals surface area contributed by atoms with Gasteiger partial charge in [0, 0.05) is 45.3 Å². The number of pyridine rings is 1. The summed E-state index contributed by atoms with van der Waals surface area (Å²) in [7, 11) is 2.12. The van der Waals surface area contributed by atoms with E-state index in [0.717, 1.165) is 43.9 Å². The molecule has 0 bridgehead atoms. The van der Waals surface area contributed by atoms with Gasteiger partial charge in [-0.15, -0.1) is 0 Å². The van der Waals surface area contributed by atoms with Crippen LogP contribution in [-0.4, -0.2) is 89.8 Å². The average Bonchev–Trinajstić information content (AvgIpc) is 2.83. The first-order valence-corrected chi connectivity index (χ1v) is 11.4. The quantitative estimate of drug-likeness (QED) is 0.677. The molecule has 4 rings (SSSR count). The number of aromatic nitrogens is 3. The highest BCUT2D eigenvalue weighted by molar-refractivity contribution is 5.67. The summed E-state index contributed by atoms with van der Waals surface area (Å²) >= 11 is 0. The van der Waals surface area contributed by atoms with Crippen molar-refractivity contribution in [3.8, 4) is 0 Å². The zero-order chi connectivity index (χ0) is 23.2. The molecule has 2 saturated heterocycles. The topological polar surface area (TPSA) is 98.7 Å². The number of ether oxygens (including phenoxy) is 1. The van der Waals surface area contributed by atoms with Gasteiger partial charge >= 0.3 is 6.09 Å². The minimum absolute atomic E-state index is 0.0115. The summed E-state index contributed by atoms with van der Waals surface area (Å²) in [6, 6.07) is 3.90. The number of anilines is 4. The Hall–Kier alpha value is -3.21. The molecule has 0 unspecified atom stereocenters. The van der Waals surface area contributed by atoms with Crippen LogP contribution in [-0.2, 0) is 4.74 Å². The molecule has 0 radical (unpaired) electrons. The van der Waals surface area contributed by atoms with Crippen LogP contribution < -0.4 is 15.5 Å². The number of nitrogens with one attached hydrogen (secondary N) is 2. The molecular weight excluding hydrogens is 427 g/mol. The van der Waals surface area contributed by atoms with Crippen LogP contribution in [0.5, 0.6) is 0 Å². The maximum Gasteiger partial charge on any atom is 0.409 e. The fourth-order valence-electron chi connectivity index (χ4n) is 3.95. The van der Waals surface area contributed by atoms with Gasteiger partial charge in [0.2, 0.25) is 5.95 Å². The molecule has 2 fully saturated rings. The molecule has 2 aromatic heterocycles. The van der Waals surface area contributed by atoms with Crippen LogP contribution in [0, 0.1) is 5.82 Å². The third-order valence-electron chi connectivity index (χ3n) is 5.94. The largest absolute Gasteiger partial charge is 0.450 e. The standard InChI is InChI=1S/C22H31FN8O2/c1-3-33-22(32)31-8-6-16(7-9-31)26-20-18(23)15-25-21(28-20)27-17-4-5-19(24-14-17)30-12-10-29(2)11-13-30/h4-5,14-16H,3,6-13H2,1-2H3,(H2,25,26,27,28). The van der Waals surface area contributed by atoms with Crippen molar-refractivity contribution in [1.29, 1.82) is 0 Å². The van der Waals surface area contributed by atoms with Gasteiger partial charge in [-0.05, 0) is 38.9 Å². The molecule has 1 amide bonds. The third kappa shape index (κ3) is 5.98. The molecule has 0 saturated carbocycles. The van der Waals surface area contributed by atoms with Crippen LogP contribution in [0.25, 0.3) is 0 Å². The van der Waals surface area contributed by atoms with E-state index in [-0.39, 0.29) is 23.9 Å². The Morgan fingerprint density at radius 2 is 1.88 bits per heavy atom. The summed E-state index contributed by atoms with van der Waals surface area (Å²) in [5.41, 5.74) is 0.730. The van der Waals surface area contributed by atoms with E-state index in [1.165, 1.54) is 0 Å². The highest BCUT2D eigenvalue weighted by atomic mass is 19.1. The monoisotopic (exact) mass is 458 g/mol. The number of likely N-dealkylation sites (N-methyl/N-ethyl adjacent to an activating group) is 1. The second kappa shape index (κ2) is 10.6. The van der Waals surface area contributed by atoms with Crippen molar-refractivity contribution < 1.29 is 13.9 Å². The predicted molar refractivity (Wildman–Crippen MR) is 124 cm³/mol. The van der Waals surface area contributed by atoms with E-state index in [9.17, 15) is 9.18 Å². The molecule has 2 aliphatic rings. The summed E-state index contributed by atoms with van der Waals surface area (Å²) in [4.78, 5) is 31.0. The third-order valence-corrected chi connectivity index (χ3v) is 5.94. The van der Waals surface area contributed by atoms with E-state index < -0.39 is 5.82 Å². The van der Waals surface area contributed by atoms with E-state index in [2.05, 4.69) is 42.4 Å². The zero-order valence-electron chi connectivity index (χ0n) is 19.1. The minimum atomic E-state index is -0.517. The van der Waals surface area contributed by atoms with Crippen LogP contribution >= 0.6 is 0 Å². The molecule has 33 heavy (non-hydrogen) atoms. The number of piperazine rings is 1. The molecule has 2 aliphatic heterocycles. The fraction of sp³-hybridized carbons (Fsp3) is 0.545. The number of carbonyl (C=O) groups is 1. The molecule has 0 spiro atoms. The lowest BCUT2D eigenvalue weighted by molar-refractivity contribution is 0.0983. The summed E-state index contributed by atoms with van der Waals surface area (Å²) < 4.78 is 19.4. The second-order valence-corrected chi connectivity index (χ2v) is 8.32. The lowest BCUT2D eigenvalue weighted by Crippen LogP contribution is -2.44.